The molecule has 4 rings (SSSR count). The molecule has 2 N–H and O–H groups in total. The van der Waals surface area contributed by atoms with Crippen molar-refractivity contribution in [2.75, 3.05) is 24.5 Å². The molecule has 5 nitrogen and oxygen atoms in total. The fourth-order valence-corrected chi connectivity index (χ4v) is 4.22. The average Bonchev–Trinajstić information content (AvgIpc) is 3.26. The maximum absolute atomic E-state index is 13.0. The highest BCUT2D eigenvalue weighted by atomic mass is 16.3. The normalized spacial score (nSPS) is 20.5. The van der Waals surface area contributed by atoms with Crippen molar-refractivity contribution >= 4 is 11.6 Å². The Kier molecular flexibility index (Phi) is 4.72. The summed E-state index contributed by atoms with van der Waals surface area (Å²) in [5, 5.41) is 0. The lowest BCUT2D eigenvalue weighted by Crippen LogP contribution is -2.40. The smallest absolute Gasteiger partial charge is 0.257 e. The first kappa shape index (κ1) is 17.2. The third kappa shape index (κ3) is 3.12. The number of hydrogen-bond donors (Lipinski definition) is 1. The lowest BCUT2D eigenvalue weighted by molar-refractivity contribution is 0.0691. The van der Waals surface area contributed by atoms with Crippen molar-refractivity contribution in [2.45, 2.75) is 38.8 Å². The number of furan rings is 1. The molecule has 3 heterocycles. The van der Waals surface area contributed by atoms with E-state index in [1.54, 1.807) is 6.26 Å². The molecule has 2 aliphatic rings. The van der Waals surface area contributed by atoms with Crippen molar-refractivity contribution in [3.8, 4) is 0 Å². The summed E-state index contributed by atoms with van der Waals surface area (Å²) in [6, 6.07) is 10.7. The van der Waals surface area contributed by atoms with E-state index in [1.807, 2.05) is 11.0 Å². The van der Waals surface area contributed by atoms with E-state index in [4.69, 9.17) is 10.2 Å². The fraction of sp³-hybridized carbons (Fsp3) is 0.476. The van der Waals surface area contributed by atoms with Gasteiger partial charge in [-0.2, -0.15) is 0 Å². The molecule has 2 aromatic rings. The van der Waals surface area contributed by atoms with Gasteiger partial charge < -0.3 is 20.0 Å². The van der Waals surface area contributed by atoms with E-state index < -0.39 is 0 Å². The van der Waals surface area contributed by atoms with Gasteiger partial charge in [0.25, 0.3) is 5.91 Å². The van der Waals surface area contributed by atoms with Crippen LogP contribution >= 0.6 is 0 Å². The van der Waals surface area contributed by atoms with Crippen LogP contribution < -0.4 is 10.6 Å². The molecular weight excluding hydrogens is 326 g/mol. The van der Waals surface area contributed by atoms with Crippen LogP contribution in [0.25, 0.3) is 0 Å². The second-order valence-electron chi connectivity index (χ2n) is 7.54. The third-order valence-electron chi connectivity index (χ3n) is 5.87. The van der Waals surface area contributed by atoms with Gasteiger partial charge in [0.2, 0.25) is 0 Å². The summed E-state index contributed by atoms with van der Waals surface area (Å²) in [6.45, 7) is 5.14. The van der Waals surface area contributed by atoms with Gasteiger partial charge in [0.05, 0.1) is 18.4 Å². The molecule has 138 valence electrons. The van der Waals surface area contributed by atoms with E-state index in [-0.39, 0.29) is 5.91 Å². The van der Waals surface area contributed by atoms with Crippen LogP contribution in [0, 0.1) is 5.92 Å². The molecule has 0 saturated carbocycles. The molecule has 1 unspecified atom stereocenters. The molecule has 2 aliphatic heterocycles. The Labute approximate surface area is 154 Å². The van der Waals surface area contributed by atoms with Crippen LogP contribution in [0.2, 0.25) is 0 Å². The SMILES string of the molecule is CC1Cc2ccccc2N1Cc1occc1C(=O)N1CCC(CN)CC1. The predicted octanol–water partition coefficient (Wildman–Crippen LogP) is 3.04. The Morgan fingerprint density at radius 2 is 2.00 bits per heavy atom. The Hall–Kier alpha value is -2.27. The largest absolute Gasteiger partial charge is 0.467 e. The summed E-state index contributed by atoms with van der Waals surface area (Å²) < 4.78 is 5.74. The number of hydrogen-bond acceptors (Lipinski definition) is 4. The van der Waals surface area contributed by atoms with Gasteiger partial charge in [-0.1, -0.05) is 18.2 Å². The molecule has 5 heteroatoms. The lowest BCUT2D eigenvalue weighted by atomic mass is 9.96. The van der Waals surface area contributed by atoms with Crippen LogP contribution in [0.15, 0.2) is 41.0 Å². The summed E-state index contributed by atoms with van der Waals surface area (Å²) in [6.07, 6.45) is 4.66. The lowest BCUT2D eigenvalue weighted by Gasteiger charge is -2.31. The van der Waals surface area contributed by atoms with Crippen LogP contribution in [0.5, 0.6) is 0 Å². The quantitative estimate of drug-likeness (QED) is 0.918. The van der Waals surface area contributed by atoms with Crippen LogP contribution in [0.4, 0.5) is 5.69 Å². The first-order valence-electron chi connectivity index (χ1n) is 9.57. The fourth-order valence-electron chi connectivity index (χ4n) is 4.22. The molecule has 1 atom stereocenters. The Balaban J connectivity index is 1.50. The number of fused-ring (bicyclic) bond motifs is 1. The molecule has 0 aliphatic carbocycles. The van der Waals surface area contributed by atoms with Gasteiger partial charge in [0.15, 0.2) is 0 Å². The number of rotatable bonds is 4. The van der Waals surface area contributed by atoms with E-state index in [1.165, 1.54) is 11.3 Å². The van der Waals surface area contributed by atoms with Crippen molar-refractivity contribution in [3.63, 3.8) is 0 Å². The molecule has 1 aromatic carbocycles. The van der Waals surface area contributed by atoms with Gasteiger partial charge in [0, 0.05) is 24.8 Å². The van der Waals surface area contributed by atoms with Gasteiger partial charge in [-0.05, 0) is 56.3 Å². The van der Waals surface area contributed by atoms with Gasteiger partial charge >= 0.3 is 0 Å². The number of nitrogens with two attached hydrogens (primary N) is 1. The molecule has 1 amide bonds. The molecule has 1 aromatic heterocycles. The number of piperidine rings is 1. The number of carbonyl (C=O) groups excluding carboxylic acids is 1. The molecule has 0 radical (unpaired) electrons. The van der Waals surface area contributed by atoms with Crippen LogP contribution in [-0.4, -0.2) is 36.5 Å². The zero-order valence-electron chi connectivity index (χ0n) is 15.4. The van der Waals surface area contributed by atoms with Crippen LogP contribution in [0.3, 0.4) is 0 Å². The number of nitrogens with zero attached hydrogens (tertiary/aromatic N) is 2. The minimum Gasteiger partial charge on any atom is -0.467 e. The Bertz CT molecular complexity index is 777. The van der Waals surface area contributed by atoms with Crippen molar-refractivity contribution in [1.82, 2.24) is 4.90 Å². The minimum absolute atomic E-state index is 0.0874. The summed E-state index contributed by atoms with van der Waals surface area (Å²) >= 11 is 0. The van der Waals surface area contributed by atoms with E-state index >= 15 is 0 Å². The maximum atomic E-state index is 13.0. The van der Waals surface area contributed by atoms with E-state index in [2.05, 4.69) is 36.1 Å². The summed E-state index contributed by atoms with van der Waals surface area (Å²) in [4.78, 5) is 17.3. The highest BCUT2D eigenvalue weighted by molar-refractivity contribution is 5.95. The number of amides is 1. The van der Waals surface area contributed by atoms with Gasteiger partial charge in [-0.3, -0.25) is 4.79 Å². The summed E-state index contributed by atoms with van der Waals surface area (Å²) in [5.41, 5.74) is 9.08. The minimum atomic E-state index is 0.0874. The standard InChI is InChI=1S/C21H27N3O2/c1-15-12-17-4-2-3-5-19(17)24(15)14-20-18(8-11-26-20)21(25)23-9-6-16(13-22)7-10-23/h2-5,8,11,15-16H,6-7,9-10,12-14,22H2,1H3. The number of para-hydroxylation sites is 1. The summed E-state index contributed by atoms with van der Waals surface area (Å²) in [7, 11) is 0. The molecule has 1 fully saturated rings. The Morgan fingerprint density at radius 3 is 2.77 bits per heavy atom. The predicted molar refractivity (Wildman–Crippen MR) is 102 cm³/mol. The van der Waals surface area contributed by atoms with Crippen molar-refractivity contribution in [2.24, 2.45) is 11.7 Å². The maximum Gasteiger partial charge on any atom is 0.257 e. The first-order chi connectivity index (χ1) is 12.7. The van der Waals surface area contributed by atoms with E-state index in [0.29, 0.717) is 30.6 Å². The number of benzene rings is 1. The second-order valence-corrected chi connectivity index (χ2v) is 7.54. The zero-order valence-corrected chi connectivity index (χ0v) is 15.4. The van der Waals surface area contributed by atoms with Crippen LogP contribution in [0.1, 0.15) is 41.4 Å². The van der Waals surface area contributed by atoms with Gasteiger partial charge in [-0.15, -0.1) is 0 Å². The zero-order chi connectivity index (χ0) is 18.1. The van der Waals surface area contributed by atoms with Crippen molar-refractivity contribution < 1.29 is 9.21 Å². The Morgan fingerprint density at radius 1 is 1.23 bits per heavy atom. The number of likely N-dealkylation sites (tertiary alicyclic amines) is 1. The van der Waals surface area contributed by atoms with Crippen molar-refractivity contribution in [3.05, 3.63) is 53.5 Å². The molecule has 1 saturated heterocycles. The second kappa shape index (κ2) is 7.16. The molecule has 0 bridgehead atoms. The highest BCUT2D eigenvalue weighted by Gasteiger charge is 2.30. The average molecular weight is 353 g/mol. The summed E-state index contributed by atoms with van der Waals surface area (Å²) in [5.74, 6) is 1.40. The first-order valence-corrected chi connectivity index (χ1v) is 9.57. The topological polar surface area (TPSA) is 62.7 Å². The highest BCUT2D eigenvalue weighted by Crippen LogP contribution is 2.34. The van der Waals surface area contributed by atoms with E-state index in [9.17, 15) is 4.79 Å². The number of anilines is 1. The number of carbonyl (C=O) groups is 1. The molecule has 26 heavy (non-hydrogen) atoms. The van der Waals surface area contributed by atoms with Crippen LogP contribution in [-0.2, 0) is 13.0 Å². The van der Waals surface area contributed by atoms with E-state index in [0.717, 1.165) is 38.1 Å². The molecule has 0 spiro atoms. The molecular formula is C21H27N3O2. The monoisotopic (exact) mass is 353 g/mol. The third-order valence-corrected chi connectivity index (χ3v) is 5.87. The van der Waals surface area contributed by atoms with Gasteiger partial charge in [0.1, 0.15) is 5.76 Å². The van der Waals surface area contributed by atoms with Crippen molar-refractivity contribution in [1.29, 1.82) is 0 Å². The van der Waals surface area contributed by atoms with Gasteiger partial charge in [-0.25, -0.2) is 0 Å².